The van der Waals surface area contributed by atoms with Crippen LogP contribution in [0.2, 0.25) is 0 Å². The molecular formula is C24H25N5O2. The Balaban J connectivity index is 1.50. The quantitative estimate of drug-likeness (QED) is 0.678. The van der Waals surface area contributed by atoms with Crippen molar-refractivity contribution in [2.24, 2.45) is 0 Å². The first-order valence-corrected chi connectivity index (χ1v) is 10.5. The van der Waals surface area contributed by atoms with E-state index in [2.05, 4.69) is 41.3 Å². The van der Waals surface area contributed by atoms with Gasteiger partial charge in [-0.3, -0.25) is 4.79 Å². The Labute approximate surface area is 181 Å². The average molecular weight is 415 g/mol. The first-order valence-electron chi connectivity index (χ1n) is 10.5. The molecule has 0 fully saturated rings. The highest BCUT2D eigenvalue weighted by Crippen LogP contribution is 2.36. The van der Waals surface area contributed by atoms with E-state index in [1.54, 1.807) is 6.20 Å². The number of ether oxygens (including phenoxy) is 1. The number of nitrogens with two attached hydrogens (primary N) is 1. The van der Waals surface area contributed by atoms with Crippen molar-refractivity contribution in [2.75, 3.05) is 24.6 Å². The summed E-state index contributed by atoms with van der Waals surface area (Å²) in [6.07, 6.45) is 3.80. The smallest absolute Gasteiger partial charge is 0.263 e. The summed E-state index contributed by atoms with van der Waals surface area (Å²) in [5.41, 5.74) is 13.6. The molecule has 7 heteroatoms. The molecule has 158 valence electrons. The number of benzene rings is 2. The molecule has 2 aliphatic heterocycles. The fraction of sp³-hybridized carbons (Fsp3) is 0.292. The fourth-order valence-corrected chi connectivity index (χ4v) is 4.40. The summed E-state index contributed by atoms with van der Waals surface area (Å²) < 4.78 is 6.11. The molecule has 0 aliphatic carbocycles. The minimum Gasteiger partial charge on any atom is -0.436 e. The van der Waals surface area contributed by atoms with Crippen molar-refractivity contribution in [1.82, 2.24) is 14.9 Å². The molecule has 2 aromatic carbocycles. The maximum atomic E-state index is 11.7. The zero-order valence-corrected chi connectivity index (χ0v) is 17.7. The standard InChI is InChI=1S/C24H25N5O2/c1-14-10-15(11-16-13-29(2)9-8-17(14)16)20-12-26-23(25)24(28-20)31-21-5-3-4-19-18(21)6-7-22(30)27-19/h3-5,10-12H,6-9,13H2,1-2H3,(H2,25,26)(H,27,30). The summed E-state index contributed by atoms with van der Waals surface area (Å²) >= 11 is 0. The maximum Gasteiger partial charge on any atom is 0.263 e. The third kappa shape index (κ3) is 3.72. The van der Waals surface area contributed by atoms with E-state index in [9.17, 15) is 4.79 Å². The molecule has 0 spiro atoms. The van der Waals surface area contributed by atoms with Crippen LogP contribution >= 0.6 is 0 Å². The molecule has 0 saturated carbocycles. The van der Waals surface area contributed by atoms with Crippen molar-refractivity contribution in [3.63, 3.8) is 0 Å². The van der Waals surface area contributed by atoms with Crippen LogP contribution in [0.4, 0.5) is 11.5 Å². The number of anilines is 2. The predicted octanol–water partition coefficient (Wildman–Crippen LogP) is 3.70. The molecule has 3 heterocycles. The van der Waals surface area contributed by atoms with Crippen LogP contribution in [0.1, 0.15) is 28.7 Å². The first kappa shape index (κ1) is 19.5. The molecule has 0 atom stereocenters. The SMILES string of the molecule is Cc1cc(-c2cnc(N)c(Oc3cccc4c3CCC(=O)N4)n2)cc2c1CCN(C)C2. The molecule has 3 N–H and O–H groups in total. The van der Waals surface area contributed by atoms with Crippen molar-refractivity contribution in [3.8, 4) is 22.9 Å². The van der Waals surface area contributed by atoms with E-state index < -0.39 is 0 Å². The highest BCUT2D eigenvalue weighted by atomic mass is 16.5. The lowest BCUT2D eigenvalue weighted by molar-refractivity contribution is -0.116. The number of aromatic nitrogens is 2. The number of likely N-dealkylation sites (N-methyl/N-ethyl adjacent to an activating group) is 1. The van der Waals surface area contributed by atoms with Crippen LogP contribution in [0, 0.1) is 6.92 Å². The van der Waals surface area contributed by atoms with Gasteiger partial charge in [-0.15, -0.1) is 0 Å². The topological polar surface area (TPSA) is 93.4 Å². The molecule has 0 saturated heterocycles. The van der Waals surface area contributed by atoms with Crippen LogP contribution in [-0.2, 0) is 24.2 Å². The highest BCUT2D eigenvalue weighted by Gasteiger charge is 2.21. The number of carbonyl (C=O) groups excluding carboxylic acids is 1. The molecular weight excluding hydrogens is 390 g/mol. The van der Waals surface area contributed by atoms with Gasteiger partial charge < -0.3 is 20.7 Å². The Hall–Kier alpha value is -3.45. The summed E-state index contributed by atoms with van der Waals surface area (Å²) in [5.74, 6) is 1.16. The van der Waals surface area contributed by atoms with Crippen molar-refractivity contribution in [1.29, 1.82) is 0 Å². The average Bonchev–Trinajstić information content (AvgIpc) is 2.74. The Bertz CT molecular complexity index is 1190. The van der Waals surface area contributed by atoms with Crippen LogP contribution in [0.3, 0.4) is 0 Å². The highest BCUT2D eigenvalue weighted by molar-refractivity contribution is 5.94. The van der Waals surface area contributed by atoms with Gasteiger partial charge in [-0.1, -0.05) is 6.07 Å². The molecule has 0 bridgehead atoms. The molecule has 7 nitrogen and oxygen atoms in total. The number of hydrogen-bond donors (Lipinski definition) is 2. The van der Waals surface area contributed by atoms with Crippen LogP contribution in [-0.4, -0.2) is 34.4 Å². The minimum atomic E-state index is 0.0133. The van der Waals surface area contributed by atoms with Gasteiger partial charge in [0.15, 0.2) is 5.82 Å². The van der Waals surface area contributed by atoms with E-state index in [-0.39, 0.29) is 17.6 Å². The Morgan fingerprint density at radius 2 is 2.03 bits per heavy atom. The molecule has 5 rings (SSSR count). The first-order chi connectivity index (χ1) is 15.0. The molecule has 0 radical (unpaired) electrons. The second-order valence-corrected chi connectivity index (χ2v) is 8.30. The Kier molecular flexibility index (Phi) is 4.82. The number of hydrogen-bond acceptors (Lipinski definition) is 6. The molecule has 0 unspecified atom stereocenters. The summed E-state index contributed by atoms with van der Waals surface area (Å²) in [7, 11) is 2.14. The van der Waals surface area contributed by atoms with Gasteiger partial charge in [-0.05, 0) is 67.8 Å². The molecule has 2 aliphatic rings. The zero-order valence-electron chi connectivity index (χ0n) is 17.7. The normalized spacial score (nSPS) is 15.7. The number of nitrogens with zero attached hydrogens (tertiary/aromatic N) is 3. The number of nitrogen functional groups attached to an aromatic ring is 1. The van der Waals surface area contributed by atoms with Gasteiger partial charge in [0.05, 0.1) is 11.9 Å². The lowest BCUT2D eigenvalue weighted by Crippen LogP contribution is -2.27. The van der Waals surface area contributed by atoms with E-state index in [0.29, 0.717) is 18.6 Å². The number of carbonyl (C=O) groups is 1. The minimum absolute atomic E-state index is 0.0133. The van der Waals surface area contributed by atoms with Crippen LogP contribution < -0.4 is 15.8 Å². The second-order valence-electron chi connectivity index (χ2n) is 8.30. The number of amides is 1. The van der Waals surface area contributed by atoms with Gasteiger partial charge in [-0.25, -0.2) is 9.97 Å². The van der Waals surface area contributed by atoms with Gasteiger partial charge >= 0.3 is 0 Å². The molecule has 3 aromatic rings. The van der Waals surface area contributed by atoms with E-state index >= 15 is 0 Å². The largest absolute Gasteiger partial charge is 0.436 e. The van der Waals surface area contributed by atoms with E-state index in [1.807, 2.05) is 18.2 Å². The predicted molar refractivity (Wildman–Crippen MR) is 120 cm³/mol. The lowest BCUT2D eigenvalue weighted by atomic mass is 9.92. The number of aryl methyl sites for hydroxylation is 1. The van der Waals surface area contributed by atoms with Crippen molar-refractivity contribution >= 4 is 17.4 Å². The molecule has 1 aromatic heterocycles. The van der Waals surface area contributed by atoms with Crippen molar-refractivity contribution < 1.29 is 9.53 Å². The van der Waals surface area contributed by atoms with Crippen LogP contribution in [0.15, 0.2) is 36.5 Å². The van der Waals surface area contributed by atoms with Crippen LogP contribution in [0.5, 0.6) is 11.6 Å². The number of nitrogens with one attached hydrogen (secondary N) is 1. The third-order valence-corrected chi connectivity index (χ3v) is 6.03. The van der Waals surface area contributed by atoms with Gasteiger partial charge in [0, 0.05) is 36.3 Å². The Morgan fingerprint density at radius 1 is 1.16 bits per heavy atom. The maximum absolute atomic E-state index is 11.7. The van der Waals surface area contributed by atoms with Gasteiger partial charge in [0.25, 0.3) is 5.88 Å². The van der Waals surface area contributed by atoms with Crippen LogP contribution in [0.25, 0.3) is 11.3 Å². The molecule has 31 heavy (non-hydrogen) atoms. The Morgan fingerprint density at radius 3 is 2.90 bits per heavy atom. The van der Waals surface area contributed by atoms with Gasteiger partial charge in [0.1, 0.15) is 5.75 Å². The van der Waals surface area contributed by atoms with Gasteiger partial charge in [0.2, 0.25) is 5.91 Å². The third-order valence-electron chi connectivity index (χ3n) is 6.03. The van der Waals surface area contributed by atoms with Crippen molar-refractivity contribution in [2.45, 2.75) is 32.7 Å². The van der Waals surface area contributed by atoms with Gasteiger partial charge in [-0.2, -0.15) is 0 Å². The monoisotopic (exact) mass is 415 g/mol. The fourth-order valence-electron chi connectivity index (χ4n) is 4.40. The zero-order chi connectivity index (χ0) is 21.5. The van der Waals surface area contributed by atoms with Crippen molar-refractivity contribution in [3.05, 3.63) is 58.8 Å². The number of fused-ring (bicyclic) bond motifs is 2. The summed E-state index contributed by atoms with van der Waals surface area (Å²) in [6.45, 7) is 4.16. The number of rotatable bonds is 3. The summed E-state index contributed by atoms with van der Waals surface area (Å²) in [6, 6.07) is 9.94. The second kappa shape index (κ2) is 7.67. The summed E-state index contributed by atoms with van der Waals surface area (Å²) in [4.78, 5) is 23.1. The lowest BCUT2D eigenvalue weighted by Gasteiger charge is -2.27. The molecule has 1 amide bonds. The van der Waals surface area contributed by atoms with E-state index in [4.69, 9.17) is 15.5 Å². The van der Waals surface area contributed by atoms with E-state index in [1.165, 1.54) is 16.7 Å². The van der Waals surface area contributed by atoms with E-state index in [0.717, 1.165) is 42.0 Å². The summed E-state index contributed by atoms with van der Waals surface area (Å²) in [5, 5.41) is 2.89.